The van der Waals surface area contributed by atoms with E-state index < -0.39 is 5.97 Å². The van der Waals surface area contributed by atoms with Crippen molar-refractivity contribution in [3.05, 3.63) is 0 Å². The molecular weight excluding hydrogens is 178 g/mol. The van der Waals surface area contributed by atoms with Crippen LogP contribution in [0.15, 0.2) is 0 Å². The van der Waals surface area contributed by atoms with Gasteiger partial charge in [0.25, 0.3) is 0 Å². The predicted molar refractivity (Wildman–Crippen MR) is 56.3 cm³/mol. The summed E-state index contributed by atoms with van der Waals surface area (Å²) >= 11 is 0. The molecule has 0 saturated heterocycles. The lowest BCUT2D eigenvalue weighted by atomic mass is 9.91. The van der Waals surface area contributed by atoms with E-state index in [-0.39, 0.29) is 12.0 Å². The second-order valence-electron chi connectivity index (χ2n) is 4.93. The van der Waals surface area contributed by atoms with E-state index in [1.54, 1.807) is 0 Å². The molecule has 3 heteroatoms. The molecule has 0 spiro atoms. The molecule has 0 unspecified atom stereocenters. The SMILES string of the molecule is CC(C)(CC(=O)O)NC1CCCCC1. The van der Waals surface area contributed by atoms with Crippen LogP contribution in [-0.2, 0) is 4.79 Å². The molecule has 1 saturated carbocycles. The van der Waals surface area contributed by atoms with Gasteiger partial charge in [-0.2, -0.15) is 0 Å². The highest BCUT2D eigenvalue weighted by atomic mass is 16.4. The van der Waals surface area contributed by atoms with Crippen LogP contribution in [0.25, 0.3) is 0 Å². The van der Waals surface area contributed by atoms with E-state index in [0.29, 0.717) is 6.04 Å². The van der Waals surface area contributed by atoms with Crippen LogP contribution in [-0.4, -0.2) is 22.7 Å². The Kier molecular flexibility index (Phi) is 3.93. The van der Waals surface area contributed by atoms with Gasteiger partial charge in [0.15, 0.2) is 0 Å². The first-order valence-corrected chi connectivity index (χ1v) is 5.49. The molecule has 3 nitrogen and oxygen atoms in total. The first-order chi connectivity index (χ1) is 6.49. The van der Waals surface area contributed by atoms with Crippen molar-refractivity contribution in [1.82, 2.24) is 5.32 Å². The van der Waals surface area contributed by atoms with Crippen molar-refractivity contribution >= 4 is 5.97 Å². The van der Waals surface area contributed by atoms with Crippen molar-refractivity contribution < 1.29 is 9.90 Å². The van der Waals surface area contributed by atoms with Gasteiger partial charge in [-0.25, -0.2) is 0 Å². The fraction of sp³-hybridized carbons (Fsp3) is 0.909. The van der Waals surface area contributed by atoms with Crippen molar-refractivity contribution in [1.29, 1.82) is 0 Å². The van der Waals surface area contributed by atoms with E-state index in [1.807, 2.05) is 13.8 Å². The predicted octanol–water partition coefficient (Wildman–Crippen LogP) is 2.16. The summed E-state index contributed by atoms with van der Waals surface area (Å²) in [6, 6.07) is 0.526. The number of rotatable bonds is 4. The lowest BCUT2D eigenvalue weighted by Gasteiger charge is -2.32. The zero-order valence-corrected chi connectivity index (χ0v) is 9.18. The normalized spacial score (nSPS) is 19.6. The summed E-state index contributed by atoms with van der Waals surface area (Å²) in [5.41, 5.74) is -0.270. The Morgan fingerprint density at radius 1 is 1.36 bits per heavy atom. The number of hydrogen-bond donors (Lipinski definition) is 2. The van der Waals surface area contributed by atoms with Crippen LogP contribution in [0.4, 0.5) is 0 Å². The van der Waals surface area contributed by atoms with Crippen LogP contribution in [0.5, 0.6) is 0 Å². The van der Waals surface area contributed by atoms with E-state index in [1.165, 1.54) is 32.1 Å². The molecule has 0 radical (unpaired) electrons. The lowest BCUT2D eigenvalue weighted by Crippen LogP contribution is -2.47. The zero-order chi connectivity index (χ0) is 10.6. The maximum atomic E-state index is 10.6. The fourth-order valence-electron chi connectivity index (χ4n) is 2.23. The zero-order valence-electron chi connectivity index (χ0n) is 9.18. The maximum Gasteiger partial charge on any atom is 0.305 e. The van der Waals surface area contributed by atoms with Gasteiger partial charge in [-0.1, -0.05) is 19.3 Å². The quantitative estimate of drug-likeness (QED) is 0.729. The number of carbonyl (C=O) groups is 1. The van der Waals surface area contributed by atoms with Crippen molar-refractivity contribution in [3.8, 4) is 0 Å². The van der Waals surface area contributed by atoms with Crippen molar-refractivity contribution in [2.45, 2.75) is 64.0 Å². The molecule has 0 aromatic rings. The van der Waals surface area contributed by atoms with Gasteiger partial charge >= 0.3 is 5.97 Å². The molecule has 0 aliphatic heterocycles. The van der Waals surface area contributed by atoms with E-state index in [4.69, 9.17) is 5.11 Å². The Morgan fingerprint density at radius 3 is 2.43 bits per heavy atom. The average Bonchev–Trinajstić information content (AvgIpc) is 2.02. The van der Waals surface area contributed by atoms with Gasteiger partial charge in [0.1, 0.15) is 0 Å². The van der Waals surface area contributed by atoms with E-state index in [0.717, 1.165) is 0 Å². The minimum Gasteiger partial charge on any atom is -0.481 e. The second-order valence-corrected chi connectivity index (χ2v) is 4.93. The van der Waals surface area contributed by atoms with Crippen molar-refractivity contribution in [2.75, 3.05) is 0 Å². The van der Waals surface area contributed by atoms with Crippen LogP contribution in [0, 0.1) is 0 Å². The Balaban J connectivity index is 2.36. The van der Waals surface area contributed by atoms with E-state index in [2.05, 4.69) is 5.32 Å². The van der Waals surface area contributed by atoms with Crippen LogP contribution < -0.4 is 5.32 Å². The third-order valence-electron chi connectivity index (χ3n) is 2.79. The highest BCUT2D eigenvalue weighted by Gasteiger charge is 2.25. The van der Waals surface area contributed by atoms with Crippen molar-refractivity contribution in [3.63, 3.8) is 0 Å². The van der Waals surface area contributed by atoms with Gasteiger partial charge in [0.05, 0.1) is 6.42 Å². The Bertz CT molecular complexity index is 195. The summed E-state index contributed by atoms with van der Waals surface area (Å²) in [4.78, 5) is 10.6. The molecule has 0 bridgehead atoms. The number of carboxylic acids is 1. The maximum absolute atomic E-state index is 10.6. The van der Waals surface area contributed by atoms with E-state index >= 15 is 0 Å². The average molecular weight is 199 g/mol. The topological polar surface area (TPSA) is 49.3 Å². The summed E-state index contributed by atoms with van der Waals surface area (Å²) < 4.78 is 0. The molecule has 1 rings (SSSR count). The molecule has 2 N–H and O–H groups in total. The molecule has 1 fully saturated rings. The highest BCUT2D eigenvalue weighted by molar-refractivity contribution is 5.68. The second kappa shape index (κ2) is 4.78. The summed E-state index contributed by atoms with van der Waals surface area (Å²) in [5, 5.41) is 12.2. The first-order valence-electron chi connectivity index (χ1n) is 5.49. The molecule has 0 aromatic heterocycles. The van der Waals surface area contributed by atoms with Gasteiger partial charge in [0.2, 0.25) is 0 Å². The van der Waals surface area contributed by atoms with Gasteiger partial charge in [-0.3, -0.25) is 4.79 Å². The van der Waals surface area contributed by atoms with Crippen LogP contribution in [0.2, 0.25) is 0 Å². The number of hydrogen-bond acceptors (Lipinski definition) is 2. The standard InChI is InChI=1S/C11H21NO2/c1-11(2,8-10(13)14)12-9-6-4-3-5-7-9/h9,12H,3-8H2,1-2H3,(H,13,14). The van der Waals surface area contributed by atoms with Crippen LogP contribution in [0.3, 0.4) is 0 Å². The molecule has 0 aromatic carbocycles. The fourth-order valence-corrected chi connectivity index (χ4v) is 2.23. The van der Waals surface area contributed by atoms with Crippen LogP contribution in [0.1, 0.15) is 52.4 Å². The summed E-state index contributed by atoms with van der Waals surface area (Å²) in [7, 11) is 0. The molecule has 1 aliphatic rings. The summed E-state index contributed by atoms with van der Waals surface area (Å²) in [6.45, 7) is 3.94. The van der Waals surface area contributed by atoms with Gasteiger partial charge in [-0.15, -0.1) is 0 Å². The smallest absolute Gasteiger partial charge is 0.305 e. The number of carboxylic acid groups (broad SMARTS) is 1. The Labute approximate surface area is 85.9 Å². The third-order valence-corrected chi connectivity index (χ3v) is 2.79. The molecule has 0 atom stereocenters. The van der Waals surface area contributed by atoms with Gasteiger partial charge in [0, 0.05) is 11.6 Å². The number of nitrogens with one attached hydrogen (secondary N) is 1. The minimum absolute atomic E-state index is 0.198. The number of aliphatic carboxylic acids is 1. The Hall–Kier alpha value is -0.570. The first kappa shape index (κ1) is 11.5. The molecule has 14 heavy (non-hydrogen) atoms. The van der Waals surface area contributed by atoms with E-state index in [9.17, 15) is 4.79 Å². The molecule has 82 valence electrons. The summed E-state index contributed by atoms with van der Waals surface area (Å²) in [6.07, 6.45) is 6.48. The lowest BCUT2D eigenvalue weighted by molar-refractivity contribution is -0.138. The summed E-state index contributed by atoms with van der Waals surface area (Å²) in [5.74, 6) is -0.724. The molecule has 0 heterocycles. The minimum atomic E-state index is -0.724. The van der Waals surface area contributed by atoms with Crippen molar-refractivity contribution in [2.24, 2.45) is 0 Å². The molecule has 0 amide bonds. The monoisotopic (exact) mass is 199 g/mol. The molecular formula is C11H21NO2. The third kappa shape index (κ3) is 4.09. The van der Waals surface area contributed by atoms with Crippen LogP contribution >= 0.6 is 0 Å². The molecule has 1 aliphatic carbocycles. The van der Waals surface area contributed by atoms with Gasteiger partial charge < -0.3 is 10.4 Å². The van der Waals surface area contributed by atoms with Gasteiger partial charge in [-0.05, 0) is 26.7 Å². The largest absolute Gasteiger partial charge is 0.481 e. The highest BCUT2D eigenvalue weighted by Crippen LogP contribution is 2.20. The Morgan fingerprint density at radius 2 is 1.93 bits per heavy atom.